The molecule has 0 aliphatic heterocycles. The lowest BCUT2D eigenvalue weighted by molar-refractivity contribution is -0.149. The Labute approximate surface area is 185 Å². The van der Waals surface area contributed by atoms with E-state index in [1.165, 1.54) is 13.2 Å². The smallest absolute Gasteiger partial charge is 0.333 e. The quantitative estimate of drug-likeness (QED) is 0.485. The van der Waals surface area contributed by atoms with E-state index in [4.69, 9.17) is 18.6 Å². The summed E-state index contributed by atoms with van der Waals surface area (Å²) in [6.45, 7) is 5.68. The van der Waals surface area contributed by atoms with Crippen LogP contribution < -0.4 is 9.47 Å². The van der Waals surface area contributed by atoms with Crippen LogP contribution in [0.3, 0.4) is 0 Å². The van der Waals surface area contributed by atoms with Crippen LogP contribution in [-0.2, 0) is 22.6 Å². The first-order valence-electron chi connectivity index (χ1n) is 10.2. The SMILES string of the molecule is CCOC(Cc1ccc(OCc2nc(-c3ccc(F)c(C)c3)oc2C)cc1OC)C(=O)O. The molecular formula is C24H26FNO6. The van der Waals surface area contributed by atoms with Crippen molar-refractivity contribution in [3.8, 4) is 23.0 Å². The Balaban J connectivity index is 1.72. The Bertz CT molecular complexity index is 1090. The minimum Gasteiger partial charge on any atom is -0.496 e. The normalized spacial score (nSPS) is 11.9. The molecule has 1 aromatic heterocycles. The summed E-state index contributed by atoms with van der Waals surface area (Å²) in [5, 5.41) is 9.31. The molecule has 0 saturated carbocycles. The fourth-order valence-electron chi connectivity index (χ4n) is 3.22. The molecule has 0 fully saturated rings. The van der Waals surface area contributed by atoms with Gasteiger partial charge in [0.25, 0.3) is 0 Å². The van der Waals surface area contributed by atoms with E-state index in [0.29, 0.717) is 52.1 Å². The van der Waals surface area contributed by atoms with E-state index in [9.17, 15) is 14.3 Å². The molecule has 1 N–H and O–H groups in total. The Morgan fingerprint density at radius 3 is 2.66 bits per heavy atom. The lowest BCUT2D eigenvalue weighted by atomic mass is 10.1. The number of aryl methyl sites for hydroxylation is 2. The molecule has 1 unspecified atom stereocenters. The third-order valence-corrected chi connectivity index (χ3v) is 4.98. The van der Waals surface area contributed by atoms with Crippen molar-refractivity contribution in [2.24, 2.45) is 0 Å². The van der Waals surface area contributed by atoms with Crippen LogP contribution in [0.1, 0.15) is 29.5 Å². The van der Waals surface area contributed by atoms with E-state index < -0.39 is 12.1 Å². The van der Waals surface area contributed by atoms with Crippen LogP contribution in [0.25, 0.3) is 11.5 Å². The molecule has 0 saturated heterocycles. The van der Waals surface area contributed by atoms with Crippen LogP contribution >= 0.6 is 0 Å². The number of ether oxygens (including phenoxy) is 3. The number of aromatic nitrogens is 1. The van der Waals surface area contributed by atoms with Gasteiger partial charge in [-0.3, -0.25) is 0 Å². The molecule has 0 bridgehead atoms. The topological polar surface area (TPSA) is 91.0 Å². The summed E-state index contributed by atoms with van der Waals surface area (Å²) in [7, 11) is 1.51. The first-order chi connectivity index (χ1) is 15.3. The molecule has 3 rings (SSSR count). The number of hydrogen-bond acceptors (Lipinski definition) is 6. The number of nitrogens with zero attached hydrogens (tertiary/aromatic N) is 1. The molecule has 32 heavy (non-hydrogen) atoms. The Hall–Kier alpha value is -3.39. The fourth-order valence-corrected chi connectivity index (χ4v) is 3.22. The van der Waals surface area contributed by atoms with Crippen molar-refractivity contribution in [3.05, 3.63) is 64.8 Å². The number of carboxylic acid groups (broad SMARTS) is 1. The number of carboxylic acids is 1. The predicted octanol–water partition coefficient (Wildman–Crippen LogP) is 4.72. The minimum atomic E-state index is -1.03. The number of benzene rings is 2. The van der Waals surface area contributed by atoms with Crippen LogP contribution in [0, 0.1) is 19.7 Å². The molecule has 1 heterocycles. The summed E-state index contributed by atoms with van der Waals surface area (Å²) in [5.41, 5.74) is 2.52. The average molecular weight is 443 g/mol. The molecule has 7 nitrogen and oxygen atoms in total. The van der Waals surface area contributed by atoms with E-state index in [0.717, 1.165) is 0 Å². The number of oxazole rings is 1. The Kier molecular flexibility index (Phi) is 7.48. The molecule has 0 radical (unpaired) electrons. The molecule has 8 heteroatoms. The Morgan fingerprint density at radius 2 is 2.00 bits per heavy atom. The first-order valence-corrected chi connectivity index (χ1v) is 10.2. The maximum absolute atomic E-state index is 13.5. The van der Waals surface area contributed by atoms with E-state index in [2.05, 4.69) is 4.98 Å². The number of halogens is 1. The second-order valence-electron chi connectivity index (χ2n) is 7.23. The van der Waals surface area contributed by atoms with Gasteiger partial charge in [0.2, 0.25) is 5.89 Å². The maximum Gasteiger partial charge on any atom is 0.333 e. The lowest BCUT2D eigenvalue weighted by Crippen LogP contribution is -2.26. The van der Waals surface area contributed by atoms with Gasteiger partial charge >= 0.3 is 5.97 Å². The summed E-state index contributed by atoms with van der Waals surface area (Å²) >= 11 is 0. The second-order valence-corrected chi connectivity index (χ2v) is 7.23. The summed E-state index contributed by atoms with van der Waals surface area (Å²) in [5.74, 6) is 0.736. The summed E-state index contributed by atoms with van der Waals surface area (Å²) in [6.07, 6.45) is -0.776. The highest BCUT2D eigenvalue weighted by Crippen LogP contribution is 2.28. The van der Waals surface area contributed by atoms with Gasteiger partial charge in [-0.05, 0) is 56.2 Å². The molecular weight excluding hydrogens is 417 g/mol. The standard InChI is InChI=1S/C24H26FNO6/c1-5-30-22(24(27)28)11-16-6-8-18(12-21(16)29-4)31-13-20-15(3)32-23(26-20)17-7-9-19(25)14(2)10-17/h6-10,12,22H,5,11,13H2,1-4H3,(H,27,28). The number of carbonyl (C=O) groups is 1. The summed E-state index contributed by atoms with van der Waals surface area (Å²) in [4.78, 5) is 15.8. The van der Waals surface area contributed by atoms with Crippen LogP contribution in [0.2, 0.25) is 0 Å². The number of hydrogen-bond donors (Lipinski definition) is 1. The van der Waals surface area contributed by atoms with Gasteiger partial charge in [-0.15, -0.1) is 0 Å². The van der Waals surface area contributed by atoms with Gasteiger partial charge in [0.15, 0.2) is 6.10 Å². The first kappa shape index (κ1) is 23.3. The van der Waals surface area contributed by atoms with Crippen LogP contribution in [0.4, 0.5) is 4.39 Å². The molecule has 3 aromatic rings. The van der Waals surface area contributed by atoms with Gasteiger partial charge < -0.3 is 23.7 Å². The van der Waals surface area contributed by atoms with Crippen molar-refractivity contribution in [1.82, 2.24) is 4.98 Å². The molecule has 0 spiro atoms. The molecule has 0 aliphatic rings. The van der Waals surface area contributed by atoms with Gasteiger partial charge in [-0.2, -0.15) is 0 Å². The van der Waals surface area contributed by atoms with E-state index >= 15 is 0 Å². The van der Waals surface area contributed by atoms with Crippen molar-refractivity contribution in [2.45, 2.75) is 39.9 Å². The molecule has 1 atom stereocenters. The van der Waals surface area contributed by atoms with E-state index in [1.54, 1.807) is 51.1 Å². The second kappa shape index (κ2) is 10.3. The zero-order valence-corrected chi connectivity index (χ0v) is 18.5. The zero-order valence-electron chi connectivity index (χ0n) is 18.5. The fraction of sp³-hybridized carbons (Fsp3) is 0.333. The van der Waals surface area contributed by atoms with Crippen LogP contribution in [0.5, 0.6) is 11.5 Å². The largest absolute Gasteiger partial charge is 0.496 e. The molecule has 2 aromatic carbocycles. The Morgan fingerprint density at radius 1 is 1.22 bits per heavy atom. The number of methoxy groups -OCH3 is 1. The van der Waals surface area contributed by atoms with Gasteiger partial charge in [-0.1, -0.05) is 6.07 Å². The van der Waals surface area contributed by atoms with E-state index in [-0.39, 0.29) is 18.8 Å². The lowest BCUT2D eigenvalue weighted by Gasteiger charge is -2.15. The summed E-state index contributed by atoms with van der Waals surface area (Å²) in [6, 6.07) is 9.87. The van der Waals surface area contributed by atoms with Gasteiger partial charge in [0.05, 0.1) is 7.11 Å². The summed E-state index contributed by atoms with van der Waals surface area (Å²) < 4.78 is 35.8. The van der Waals surface area contributed by atoms with Crippen LogP contribution in [-0.4, -0.2) is 35.9 Å². The third kappa shape index (κ3) is 5.45. The number of aliphatic carboxylic acids is 1. The van der Waals surface area contributed by atoms with Crippen molar-refractivity contribution in [1.29, 1.82) is 0 Å². The predicted molar refractivity (Wildman–Crippen MR) is 115 cm³/mol. The van der Waals surface area contributed by atoms with Crippen molar-refractivity contribution >= 4 is 5.97 Å². The highest BCUT2D eigenvalue weighted by atomic mass is 19.1. The maximum atomic E-state index is 13.5. The molecule has 0 amide bonds. The monoisotopic (exact) mass is 443 g/mol. The molecule has 170 valence electrons. The average Bonchev–Trinajstić information content (AvgIpc) is 3.14. The van der Waals surface area contributed by atoms with Crippen molar-refractivity contribution in [3.63, 3.8) is 0 Å². The zero-order chi connectivity index (χ0) is 23.3. The molecule has 0 aliphatic carbocycles. The third-order valence-electron chi connectivity index (χ3n) is 4.98. The van der Waals surface area contributed by atoms with Gasteiger partial charge in [0, 0.05) is 24.7 Å². The van der Waals surface area contributed by atoms with Crippen molar-refractivity contribution in [2.75, 3.05) is 13.7 Å². The van der Waals surface area contributed by atoms with Crippen LogP contribution in [0.15, 0.2) is 40.8 Å². The van der Waals surface area contributed by atoms with E-state index in [1.807, 2.05) is 0 Å². The highest BCUT2D eigenvalue weighted by Gasteiger charge is 2.20. The minimum absolute atomic E-state index is 0.161. The van der Waals surface area contributed by atoms with Gasteiger partial charge in [-0.25, -0.2) is 14.2 Å². The number of rotatable bonds is 10. The van der Waals surface area contributed by atoms with Gasteiger partial charge in [0.1, 0.15) is 35.4 Å². The highest BCUT2D eigenvalue weighted by molar-refractivity contribution is 5.73. The van der Waals surface area contributed by atoms with Crippen molar-refractivity contribution < 1.29 is 32.9 Å².